The van der Waals surface area contributed by atoms with Gasteiger partial charge in [0.25, 0.3) is 5.76 Å². The fraction of sp³-hybridized carbons (Fsp3) is 0.185. The molecule has 1 aromatic heterocycles. The van der Waals surface area contributed by atoms with Gasteiger partial charge in [-0.15, -0.1) is 0 Å². The monoisotopic (exact) mass is 516 g/mol. The van der Waals surface area contributed by atoms with Crippen molar-refractivity contribution in [3.8, 4) is 17.2 Å². The Labute approximate surface area is 209 Å². The molecule has 0 saturated heterocycles. The van der Waals surface area contributed by atoms with Gasteiger partial charge in [-0.3, -0.25) is 4.79 Å². The lowest BCUT2D eigenvalue weighted by molar-refractivity contribution is -0.154. The molecule has 0 unspecified atom stereocenters. The molecule has 186 valence electrons. The molecular formula is C27H20ClF3O5. The number of fused-ring (bicyclic) bond motifs is 1. The van der Waals surface area contributed by atoms with Crippen LogP contribution in [0.3, 0.4) is 0 Å². The predicted octanol–water partition coefficient (Wildman–Crippen LogP) is 7.71. The maximum Gasteiger partial charge on any atom is 0.453 e. The highest BCUT2D eigenvalue weighted by Gasteiger charge is 2.40. The van der Waals surface area contributed by atoms with Crippen molar-refractivity contribution in [3.05, 3.63) is 97.4 Å². The fourth-order valence-electron chi connectivity index (χ4n) is 3.62. The van der Waals surface area contributed by atoms with E-state index in [1.54, 1.807) is 32.0 Å². The highest BCUT2D eigenvalue weighted by atomic mass is 35.5. The van der Waals surface area contributed by atoms with Gasteiger partial charge in [0.05, 0.1) is 10.9 Å². The van der Waals surface area contributed by atoms with E-state index in [9.17, 15) is 22.8 Å². The van der Waals surface area contributed by atoms with E-state index in [1.807, 2.05) is 13.8 Å². The first-order chi connectivity index (χ1) is 16.8. The zero-order chi connectivity index (χ0) is 26.4. The van der Waals surface area contributed by atoms with E-state index < -0.39 is 34.7 Å². The van der Waals surface area contributed by atoms with E-state index in [1.165, 1.54) is 24.3 Å². The Hall–Kier alpha value is -3.78. The van der Waals surface area contributed by atoms with Crippen LogP contribution >= 0.6 is 11.6 Å². The van der Waals surface area contributed by atoms with Gasteiger partial charge in [0.15, 0.2) is 0 Å². The number of carbonyl (C=O) groups is 1. The van der Waals surface area contributed by atoms with Crippen molar-refractivity contribution < 1.29 is 31.9 Å². The van der Waals surface area contributed by atoms with Crippen LogP contribution in [-0.2, 0) is 6.18 Å². The molecule has 36 heavy (non-hydrogen) atoms. The van der Waals surface area contributed by atoms with Crippen molar-refractivity contribution in [2.45, 2.75) is 33.9 Å². The van der Waals surface area contributed by atoms with E-state index in [2.05, 4.69) is 0 Å². The molecule has 0 N–H and O–H groups in total. The Morgan fingerprint density at radius 3 is 2.14 bits per heavy atom. The average Bonchev–Trinajstić information content (AvgIpc) is 2.80. The summed E-state index contributed by atoms with van der Waals surface area (Å²) in [6.45, 7) is 7.05. The molecule has 0 saturated carbocycles. The molecule has 1 heterocycles. The molecular weight excluding hydrogens is 497 g/mol. The van der Waals surface area contributed by atoms with Crippen LogP contribution in [-0.4, -0.2) is 5.97 Å². The molecule has 4 rings (SSSR count). The molecule has 4 aromatic rings. The first-order valence-corrected chi connectivity index (χ1v) is 11.1. The van der Waals surface area contributed by atoms with Crippen LogP contribution in [0.2, 0.25) is 5.02 Å². The number of halogens is 4. The third-order valence-corrected chi connectivity index (χ3v) is 6.26. The zero-order valence-electron chi connectivity index (χ0n) is 19.7. The molecule has 0 aliphatic carbocycles. The summed E-state index contributed by atoms with van der Waals surface area (Å²) >= 11 is 6.12. The number of ether oxygens (including phenoxy) is 2. The van der Waals surface area contributed by atoms with Gasteiger partial charge in [-0.25, -0.2) is 4.79 Å². The zero-order valence-corrected chi connectivity index (χ0v) is 20.4. The lowest BCUT2D eigenvalue weighted by atomic mass is 10.1. The number of aryl methyl sites for hydroxylation is 4. The van der Waals surface area contributed by atoms with Crippen LogP contribution in [0.15, 0.2) is 57.7 Å². The standard InChI is InChI=1S/C27H20ClF3O5/c1-13-5-6-17(9-14(13)2)26(33)35-18-7-8-20-21(12-18)36-25(27(29,30)31)24(23(20)32)34-19-10-15(3)22(28)16(4)11-19/h5-12H,1-4H3. The van der Waals surface area contributed by atoms with Crippen LogP contribution < -0.4 is 14.9 Å². The van der Waals surface area contributed by atoms with Gasteiger partial charge in [-0.1, -0.05) is 17.7 Å². The molecule has 0 atom stereocenters. The number of alkyl halides is 3. The second-order valence-corrected chi connectivity index (χ2v) is 8.78. The summed E-state index contributed by atoms with van der Waals surface area (Å²) in [7, 11) is 0. The summed E-state index contributed by atoms with van der Waals surface area (Å²) in [6, 6.07) is 11.4. The predicted molar refractivity (Wildman–Crippen MR) is 129 cm³/mol. The second kappa shape index (κ2) is 9.35. The highest BCUT2D eigenvalue weighted by molar-refractivity contribution is 6.32. The number of hydrogen-bond donors (Lipinski definition) is 0. The minimum Gasteiger partial charge on any atom is -0.449 e. The average molecular weight is 517 g/mol. The number of esters is 1. The molecule has 0 spiro atoms. The van der Waals surface area contributed by atoms with Crippen LogP contribution in [0.4, 0.5) is 13.2 Å². The lowest BCUT2D eigenvalue weighted by Crippen LogP contribution is -2.16. The third-order valence-electron chi connectivity index (χ3n) is 5.66. The van der Waals surface area contributed by atoms with Gasteiger partial charge in [-0.05, 0) is 86.3 Å². The first kappa shape index (κ1) is 25.3. The summed E-state index contributed by atoms with van der Waals surface area (Å²) in [5.74, 6) is -3.40. The fourth-order valence-corrected chi connectivity index (χ4v) is 3.73. The smallest absolute Gasteiger partial charge is 0.449 e. The summed E-state index contributed by atoms with van der Waals surface area (Å²) in [6.07, 6.45) is -5.04. The first-order valence-electron chi connectivity index (χ1n) is 10.8. The van der Waals surface area contributed by atoms with Gasteiger partial charge in [0.2, 0.25) is 11.2 Å². The van der Waals surface area contributed by atoms with E-state index in [0.29, 0.717) is 16.1 Å². The Morgan fingerprint density at radius 2 is 1.53 bits per heavy atom. The Morgan fingerprint density at radius 1 is 0.861 bits per heavy atom. The number of benzene rings is 3. The van der Waals surface area contributed by atoms with Crippen molar-refractivity contribution >= 4 is 28.5 Å². The topological polar surface area (TPSA) is 65.7 Å². The van der Waals surface area contributed by atoms with Crippen molar-refractivity contribution in [1.29, 1.82) is 0 Å². The van der Waals surface area contributed by atoms with Crippen molar-refractivity contribution in [3.63, 3.8) is 0 Å². The summed E-state index contributed by atoms with van der Waals surface area (Å²) in [5.41, 5.74) is 1.84. The highest BCUT2D eigenvalue weighted by Crippen LogP contribution is 2.39. The Bertz CT molecular complexity index is 1550. The van der Waals surface area contributed by atoms with Crippen molar-refractivity contribution in [2.75, 3.05) is 0 Å². The Kier molecular flexibility index (Phi) is 6.58. The maximum atomic E-state index is 13.9. The molecule has 0 fully saturated rings. The van der Waals surface area contributed by atoms with Gasteiger partial charge in [-0.2, -0.15) is 13.2 Å². The largest absolute Gasteiger partial charge is 0.453 e. The normalized spacial score (nSPS) is 11.6. The molecule has 0 aliphatic rings. The minimum atomic E-state index is -5.04. The third kappa shape index (κ3) is 4.95. The van der Waals surface area contributed by atoms with E-state index in [0.717, 1.165) is 17.2 Å². The van der Waals surface area contributed by atoms with Gasteiger partial charge in [0, 0.05) is 11.1 Å². The molecule has 0 amide bonds. The summed E-state index contributed by atoms with van der Waals surface area (Å²) < 4.78 is 57.4. The van der Waals surface area contributed by atoms with Gasteiger partial charge in [0.1, 0.15) is 17.1 Å². The molecule has 3 aromatic carbocycles. The van der Waals surface area contributed by atoms with Crippen LogP contribution in [0.25, 0.3) is 11.0 Å². The van der Waals surface area contributed by atoms with Gasteiger partial charge >= 0.3 is 12.1 Å². The summed E-state index contributed by atoms with van der Waals surface area (Å²) in [4.78, 5) is 25.6. The molecule has 5 nitrogen and oxygen atoms in total. The molecule has 0 radical (unpaired) electrons. The number of rotatable bonds is 4. The quantitative estimate of drug-likeness (QED) is 0.205. The SMILES string of the molecule is Cc1ccc(C(=O)Oc2ccc3c(=O)c(Oc4cc(C)c(Cl)c(C)c4)c(C(F)(F)F)oc3c2)cc1C. The van der Waals surface area contributed by atoms with E-state index in [-0.39, 0.29) is 22.4 Å². The second-order valence-electron chi connectivity index (χ2n) is 8.41. The van der Waals surface area contributed by atoms with Crippen LogP contribution in [0.1, 0.15) is 38.4 Å². The minimum absolute atomic E-state index is 0.00508. The van der Waals surface area contributed by atoms with Crippen LogP contribution in [0, 0.1) is 27.7 Å². The lowest BCUT2D eigenvalue weighted by Gasteiger charge is -2.15. The van der Waals surface area contributed by atoms with E-state index in [4.69, 9.17) is 25.5 Å². The molecule has 0 aliphatic heterocycles. The maximum absolute atomic E-state index is 13.9. The van der Waals surface area contributed by atoms with Crippen LogP contribution in [0.5, 0.6) is 17.2 Å². The molecule has 0 bridgehead atoms. The number of carbonyl (C=O) groups excluding carboxylic acids is 1. The van der Waals surface area contributed by atoms with E-state index >= 15 is 0 Å². The Balaban J connectivity index is 1.76. The van der Waals surface area contributed by atoms with Crippen molar-refractivity contribution in [2.24, 2.45) is 0 Å². The van der Waals surface area contributed by atoms with Gasteiger partial charge < -0.3 is 13.9 Å². The van der Waals surface area contributed by atoms with Crippen molar-refractivity contribution in [1.82, 2.24) is 0 Å². The summed E-state index contributed by atoms with van der Waals surface area (Å²) in [5, 5.41) is 0.262. The molecule has 9 heteroatoms. The number of hydrogen-bond acceptors (Lipinski definition) is 5.